The van der Waals surface area contributed by atoms with Crippen LogP contribution in [0.4, 0.5) is 0 Å². The van der Waals surface area contributed by atoms with Gasteiger partial charge in [0.25, 0.3) is 0 Å². The van der Waals surface area contributed by atoms with E-state index in [0.717, 1.165) is 44.7 Å². The molecule has 1 radical (unpaired) electrons. The third-order valence-corrected chi connectivity index (χ3v) is 9.12. The number of rotatable bonds is 5. The molecule has 0 N–H and O–H groups in total. The van der Waals surface area contributed by atoms with Crippen LogP contribution in [0, 0.1) is 26.8 Å². The molecule has 7 rings (SSSR count). The third kappa shape index (κ3) is 4.97. The Kier molecular flexibility index (Phi) is 8.13. The molecule has 0 saturated heterocycles. The monoisotopic (exact) mass is 770 g/mol. The van der Waals surface area contributed by atoms with Gasteiger partial charge in [-0.25, -0.2) is 4.98 Å². The van der Waals surface area contributed by atoms with E-state index in [9.17, 15) is 0 Å². The Bertz CT molecular complexity index is 2060. The minimum Gasteiger partial charge on any atom is -0.486 e. The van der Waals surface area contributed by atoms with Crippen molar-refractivity contribution in [3.8, 4) is 17.1 Å². The van der Waals surface area contributed by atoms with Crippen LogP contribution in [-0.2, 0) is 20.1 Å². The summed E-state index contributed by atoms with van der Waals surface area (Å²) in [6.45, 7) is 15.5. The van der Waals surface area contributed by atoms with Crippen molar-refractivity contribution in [2.75, 3.05) is 7.05 Å². The van der Waals surface area contributed by atoms with E-state index in [-0.39, 0.29) is 27.0 Å². The first-order valence-electron chi connectivity index (χ1n) is 15.6. The summed E-state index contributed by atoms with van der Waals surface area (Å²) in [6.07, 6.45) is 4.31. The molecule has 3 aromatic heterocycles. The molecule has 0 aliphatic carbocycles. The largest absolute Gasteiger partial charge is 0.486 e. The smallest absolute Gasteiger partial charge is 0.342 e. The van der Waals surface area contributed by atoms with Crippen LogP contribution in [0.5, 0.6) is 0 Å². The molecule has 0 atom stereocenters. The summed E-state index contributed by atoms with van der Waals surface area (Å²) >= 11 is 0. The van der Waals surface area contributed by atoms with Crippen molar-refractivity contribution in [3.63, 3.8) is 0 Å². The summed E-state index contributed by atoms with van der Waals surface area (Å²) in [5, 5.41) is 2.02. The van der Waals surface area contributed by atoms with Gasteiger partial charge in [-0.2, -0.15) is 0 Å². The van der Waals surface area contributed by atoms with Gasteiger partial charge in [-0.05, 0) is 80.7 Å². The zero-order chi connectivity index (χ0) is 30.9. The fraction of sp³-hybridized carbons (Fsp3) is 0.263. The van der Waals surface area contributed by atoms with Gasteiger partial charge in [-0.15, -0.1) is 18.2 Å². The maximum atomic E-state index is 6.54. The molecule has 0 amide bonds. The van der Waals surface area contributed by atoms with Crippen LogP contribution in [0.15, 0.2) is 71.3 Å². The average molecular weight is 770 g/mol. The number of aromatic nitrogens is 3. The molecule has 5 nitrogen and oxygen atoms in total. The second kappa shape index (κ2) is 11.8. The molecule has 0 spiro atoms. The maximum Gasteiger partial charge on any atom is 0.342 e. The van der Waals surface area contributed by atoms with Gasteiger partial charge in [0.15, 0.2) is 0 Å². The fourth-order valence-electron chi connectivity index (χ4n) is 6.95. The SMILES string of the molecule is Cc1ccc2c(n1)oc1c(-c3nc4c(n3-c3c(C(C)C)cccc3C(C)C)B(c3c(C)cccc3C)N(C)C=C4)[c-]ccc12.[Ir]. The Balaban J connectivity index is 0.00000357. The van der Waals surface area contributed by atoms with Gasteiger partial charge in [-0.1, -0.05) is 86.2 Å². The third-order valence-electron chi connectivity index (χ3n) is 9.12. The molecular weight excluding hydrogens is 731 g/mol. The zero-order valence-electron chi connectivity index (χ0n) is 27.2. The molecule has 4 heterocycles. The first-order chi connectivity index (χ1) is 21.2. The van der Waals surface area contributed by atoms with Gasteiger partial charge < -0.3 is 13.8 Å². The second-order valence-electron chi connectivity index (χ2n) is 12.8. The predicted octanol–water partition coefficient (Wildman–Crippen LogP) is 7.83. The summed E-state index contributed by atoms with van der Waals surface area (Å²) in [6, 6.07) is 25.1. The summed E-state index contributed by atoms with van der Waals surface area (Å²) in [5.41, 5.74) is 12.9. The average Bonchev–Trinajstić information content (AvgIpc) is 3.55. The Morgan fingerprint density at radius 3 is 2.16 bits per heavy atom. The number of benzene rings is 3. The van der Waals surface area contributed by atoms with Gasteiger partial charge in [0.1, 0.15) is 0 Å². The van der Waals surface area contributed by atoms with Gasteiger partial charge >= 0.3 is 6.85 Å². The number of para-hydroxylation sites is 1. The van der Waals surface area contributed by atoms with Crippen molar-refractivity contribution in [1.29, 1.82) is 0 Å². The van der Waals surface area contributed by atoms with E-state index >= 15 is 0 Å². The van der Waals surface area contributed by atoms with Crippen molar-refractivity contribution >= 4 is 46.0 Å². The van der Waals surface area contributed by atoms with Crippen molar-refractivity contribution < 1.29 is 24.5 Å². The summed E-state index contributed by atoms with van der Waals surface area (Å²) in [4.78, 5) is 12.5. The number of furan rings is 1. The second-order valence-corrected chi connectivity index (χ2v) is 12.8. The fourth-order valence-corrected chi connectivity index (χ4v) is 6.95. The molecule has 229 valence electrons. The van der Waals surface area contributed by atoms with Crippen molar-refractivity contribution in [3.05, 3.63) is 107 Å². The molecule has 1 aliphatic rings. The van der Waals surface area contributed by atoms with Crippen LogP contribution in [0.25, 0.3) is 45.2 Å². The minimum atomic E-state index is -0.0307. The standard InChI is InChI=1S/C38H38BN4O.Ir/c1-22(2)27-14-10-15-28(23(3)4)34(27)43-36-32(20-21-42(8)39(36)33-24(5)12-9-13-25(33)6)41-37(43)31-17-11-16-29-30-19-18-26(7)40-38(30)44-35(29)31;/h9-16,18-23H,1-8H3;/q-1;. The van der Waals surface area contributed by atoms with E-state index in [2.05, 4.69) is 125 Å². The molecule has 0 bridgehead atoms. The summed E-state index contributed by atoms with van der Waals surface area (Å²) in [5.74, 6) is 1.45. The predicted molar refractivity (Wildman–Crippen MR) is 184 cm³/mol. The maximum absolute atomic E-state index is 6.54. The number of fused-ring (bicyclic) bond motifs is 4. The first-order valence-corrected chi connectivity index (χ1v) is 15.6. The Labute approximate surface area is 279 Å². The Hall–Kier alpha value is -3.93. The minimum absolute atomic E-state index is 0. The van der Waals surface area contributed by atoms with Crippen LogP contribution >= 0.6 is 0 Å². The van der Waals surface area contributed by atoms with Crippen LogP contribution in [-0.4, -0.2) is 33.2 Å². The molecule has 45 heavy (non-hydrogen) atoms. The normalized spacial score (nSPS) is 12.9. The van der Waals surface area contributed by atoms with E-state index in [1.54, 1.807) is 0 Å². The number of aryl methyl sites for hydroxylation is 3. The van der Waals surface area contributed by atoms with Gasteiger partial charge in [0, 0.05) is 42.5 Å². The number of imidazole rings is 1. The molecule has 7 heteroatoms. The van der Waals surface area contributed by atoms with E-state index in [1.165, 1.54) is 33.4 Å². The molecule has 0 fully saturated rings. The van der Waals surface area contributed by atoms with E-state index in [1.807, 2.05) is 19.1 Å². The van der Waals surface area contributed by atoms with Gasteiger partial charge in [0.05, 0.1) is 17.1 Å². The Morgan fingerprint density at radius 2 is 1.49 bits per heavy atom. The van der Waals surface area contributed by atoms with Crippen LogP contribution in [0.1, 0.15) is 73.2 Å². The van der Waals surface area contributed by atoms with E-state index < -0.39 is 0 Å². The summed E-state index contributed by atoms with van der Waals surface area (Å²) in [7, 11) is 2.17. The number of pyridine rings is 1. The number of hydrogen-bond donors (Lipinski definition) is 0. The number of nitrogens with zero attached hydrogens (tertiary/aromatic N) is 4. The molecule has 0 saturated carbocycles. The van der Waals surface area contributed by atoms with Gasteiger partial charge in [0.2, 0.25) is 5.71 Å². The van der Waals surface area contributed by atoms with Crippen LogP contribution in [0.2, 0.25) is 0 Å². The first kappa shape index (κ1) is 31.1. The van der Waals surface area contributed by atoms with E-state index in [0.29, 0.717) is 17.5 Å². The molecular formula is C38H38BIrN4O-. The van der Waals surface area contributed by atoms with E-state index in [4.69, 9.17) is 14.4 Å². The molecule has 6 aromatic rings. The van der Waals surface area contributed by atoms with Crippen molar-refractivity contribution in [2.45, 2.75) is 60.3 Å². The van der Waals surface area contributed by atoms with Crippen LogP contribution in [0.3, 0.4) is 0 Å². The molecule has 3 aromatic carbocycles. The van der Waals surface area contributed by atoms with Crippen molar-refractivity contribution in [1.82, 2.24) is 19.3 Å². The Morgan fingerprint density at radius 1 is 0.822 bits per heavy atom. The number of hydrogen-bond acceptors (Lipinski definition) is 4. The van der Waals surface area contributed by atoms with Crippen LogP contribution < -0.4 is 11.1 Å². The topological polar surface area (TPSA) is 47.1 Å². The van der Waals surface area contributed by atoms with Crippen molar-refractivity contribution in [2.24, 2.45) is 0 Å². The summed E-state index contributed by atoms with van der Waals surface area (Å²) < 4.78 is 8.98. The quantitative estimate of drug-likeness (QED) is 0.133. The molecule has 0 unspecified atom stereocenters. The zero-order valence-corrected chi connectivity index (χ0v) is 29.6. The van der Waals surface area contributed by atoms with Gasteiger partial charge in [-0.3, -0.25) is 4.98 Å². The molecule has 1 aliphatic heterocycles.